The van der Waals surface area contributed by atoms with E-state index in [1.165, 1.54) is 18.2 Å². The summed E-state index contributed by atoms with van der Waals surface area (Å²) in [5.74, 6) is -0.895. The topological polar surface area (TPSA) is 138 Å². The lowest BCUT2D eigenvalue weighted by atomic mass is 10.0. The van der Waals surface area contributed by atoms with Gasteiger partial charge >= 0.3 is 0 Å². The molecule has 3 heterocycles. The summed E-state index contributed by atoms with van der Waals surface area (Å²) in [5.41, 5.74) is 1.58. The zero-order valence-electron chi connectivity index (χ0n) is 25.3. The first-order valence-electron chi connectivity index (χ1n) is 14.6. The molecule has 1 fully saturated rings. The Labute approximate surface area is 252 Å². The van der Waals surface area contributed by atoms with Crippen molar-refractivity contribution in [3.05, 3.63) is 65.9 Å². The summed E-state index contributed by atoms with van der Waals surface area (Å²) < 4.78 is 11.9. The van der Waals surface area contributed by atoms with Crippen molar-refractivity contribution in [2.45, 2.75) is 63.9 Å². The summed E-state index contributed by atoms with van der Waals surface area (Å²) in [6.07, 6.45) is 3.12. The number of nitrogens with one attached hydrogen (secondary N) is 4. The first-order chi connectivity index (χ1) is 20.6. The summed E-state index contributed by atoms with van der Waals surface area (Å²) in [7, 11) is 3.20. The van der Waals surface area contributed by atoms with Gasteiger partial charge in [0.15, 0.2) is 0 Å². The first kappa shape index (κ1) is 31.6. The van der Waals surface area contributed by atoms with Crippen molar-refractivity contribution in [2.24, 2.45) is 5.92 Å². The SMILES string of the molecule is CN[C@@H](C)C(=O)N[C@H](C(=O)N1CC[C@H]2Oc3ccc(c(OC)c3)C=CNC(=O)[C@H](Cc3ccccc3)NC(=O)[C@@H]21)C(C)C. The van der Waals surface area contributed by atoms with Crippen LogP contribution >= 0.6 is 0 Å². The van der Waals surface area contributed by atoms with Crippen LogP contribution in [0, 0.1) is 5.92 Å². The molecule has 0 saturated carbocycles. The van der Waals surface area contributed by atoms with Crippen molar-refractivity contribution < 1.29 is 28.7 Å². The summed E-state index contributed by atoms with van der Waals surface area (Å²) in [5, 5.41) is 11.4. The van der Waals surface area contributed by atoms with Crippen LogP contribution in [0.2, 0.25) is 0 Å². The quantitative estimate of drug-likeness (QED) is 0.366. The molecule has 0 aliphatic carbocycles. The minimum atomic E-state index is -1.05. The van der Waals surface area contributed by atoms with E-state index in [1.807, 2.05) is 44.2 Å². The van der Waals surface area contributed by atoms with Crippen molar-refractivity contribution >= 4 is 29.7 Å². The highest BCUT2D eigenvalue weighted by atomic mass is 16.5. The molecular weight excluding hydrogens is 550 g/mol. The molecule has 11 nitrogen and oxygen atoms in total. The Bertz CT molecular complexity index is 1350. The molecule has 43 heavy (non-hydrogen) atoms. The van der Waals surface area contributed by atoms with Gasteiger partial charge in [0, 0.05) is 37.2 Å². The van der Waals surface area contributed by atoms with E-state index in [4.69, 9.17) is 9.47 Å². The maximum Gasteiger partial charge on any atom is 0.247 e. The van der Waals surface area contributed by atoms with E-state index in [9.17, 15) is 19.2 Å². The second-order valence-corrected chi connectivity index (χ2v) is 11.2. The van der Waals surface area contributed by atoms with Gasteiger partial charge in [0.05, 0.1) is 13.2 Å². The molecule has 4 amide bonds. The predicted molar refractivity (Wildman–Crippen MR) is 162 cm³/mol. The fourth-order valence-corrected chi connectivity index (χ4v) is 5.25. The number of amides is 4. The number of carbonyl (C=O) groups excluding carboxylic acids is 4. The molecule has 2 aromatic rings. The van der Waals surface area contributed by atoms with Gasteiger partial charge in [-0.2, -0.15) is 0 Å². The number of hydrogen-bond acceptors (Lipinski definition) is 7. The van der Waals surface area contributed by atoms with Gasteiger partial charge < -0.3 is 35.6 Å². The van der Waals surface area contributed by atoms with E-state index in [0.29, 0.717) is 17.9 Å². The minimum absolute atomic E-state index is 0.231. The van der Waals surface area contributed by atoms with Crippen LogP contribution in [0.5, 0.6) is 11.5 Å². The number of nitrogens with zero attached hydrogens (tertiary/aromatic N) is 1. The predicted octanol–water partition coefficient (Wildman–Crippen LogP) is 1.62. The molecule has 4 N–H and O–H groups in total. The molecule has 2 bridgehead atoms. The van der Waals surface area contributed by atoms with Gasteiger partial charge in [-0.15, -0.1) is 0 Å². The number of likely N-dealkylation sites (N-methyl/N-ethyl adjacent to an activating group) is 1. The number of methoxy groups -OCH3 is 1. The molecule has 0 aromatic heterocycles. The van der Waals surface area contributed by atoms with Gasteiger partial charge in [0.2, 0.25) is 23.6 Å². The van der Waals surface area contributed by atoms with Crippen LogP contribution in [-0.2, 0) is 25.6 Å². The zero-order valence-corrected chi connectivity index (χ0v) is 25.3. The fraction of sp³-hybridized carbons (Fsp3) is 0.438. The zero-order chi connectivity index (χ0) is 31.1. The van der Waals surface area contributed by atoms with Crippen molar-refractivity contribution in [1.82, 2.24) is 26.2 Å². The fourth-order valence-electron chi connectivity index (χ4n) is 5.25. The average molecular weight is 592 g/mol. The molecule has 5 atom stereocenters. The number of carbonyl (C=O) groups is 4. The highest BCUT2D eigenvalue weighted by molar-refractivity contribution is 5.96. The molecule has 0 spiro atoms. The van der Waals surface area contributed by atoms with Gasteiger partial charge in [-0.25, -0.2) is 0 Å². The molecule has 3 aliphatic heterocycles. The second kappa shape index (κ2) is 14.2. The molecule has 3 aliphatic rings. The number of fused-ring (bicyclic) bond motifs is 7. The van der Waals surface area contributed by atoms with Crippen LogP contribution in [0.4, 0.5) is 0 Å². The molecular formula is C32H41N5O6. The Balaban J connectivity index is 1.71. The van der Waals surface area contributed by atoms with Gasteiger partial charge in [-0.3, -0.25) is 19.2 Å². The van der Waals surface area contributed by atoms with Crippen LogP contribution in [0.3, 0.4) is 0 Å². The number of rotatable bonds is 8. The van der Waals surface area contributed by atoms with E-state index >= 15 is 0 Å². The monoisotopic (exact) mass is 591 g/mol. The molecule has 11 heteroatoms. The standard InChI is InChI=1S/C32H41N5O6/c1-19(2)27(36-29(38)20(3)33-4)32(41)37-16-14-25-28(37)31(40)35-24(17-21-9-7-6-8-10-21)30(39)34-15-13-22-11-12-23(43-25)18-26(22)42-5/h6-13,15,18-20,24-25,27-28,33H,14,16-17H2,1-5H3,(H,34,39)(H,35,40)(H,36,38)/t20-,24-,25+,27-,28+/m0/s1. The number of benzene rings is 2. The second-order valence-electron chi connectivity index (χ2n) is 11.2. The maximum atomic E-state index is 14.1. The Morgan fingerprint density at radius 3 is 2.51 bits per heavy atom. The van der Waals surface area contributed by atoms with Crippen molar-refractivity contribution in [3.8, 4) is 11.5 Å². The Hall–Kier alpha value is -4.38. The third-order valence-electron chi connectivity index (χ3n) is 7.85. The lowest BCUT2D eigenvalue weighted by Gasteiger charge is -2.33. The van der Waals surface area contributed by atoms with Gasteiger partial charge in [0.25, 0.3) is 0 Å². The smallest absolute Gasteiger partial charge is 0.247 e. The normalized spacial score (nSPS) is 21.6. The summed E-state index contributed by atoms with van der Waals surface area (Å²) in [4.78, 5) is 55.7. The van der Waals surface area contributed by atoms with Gasteiger partial charge in [-0.05, 0) is 43.7 Å². The van der Waals surface area contributed by atoms with Gasteiger partial charge in [0.1, 0.15) is 35.7 Å². The molecule has 0 unspecified atom stereocenters. The van der Waals surface area contributed by atoms with Crippen LogP contribution in [0.15, 0.2) is 54.7 Å². The van der Waals surface area contributed by atoms with E-state index < -0.39 is 42.1 Å². The molecule has 2 aromatic carbocycles. The highest BCUT2D eigenvalue weighted by Crippen LogP contribution is 2.30. The highest BCUT2D eigenvalue weighted by Gasteiger charge is 2.46. The van der Waals surface area contributed by atoms with Crippen LogP contribution in [-0.4, -0.2) is 79.5 Å². The van der Waals surface area contributed by atoms with Crippen LogP contribution in [0.25, 0.3) is 6.08 Å². The van der Waals surface area contributed by atoms with E-state index in [1.54, 1.807) is 38.2 Å². The number of hydrogen-bond donors (Lipinski definition) is 4. The van der Waals surface area contributed by atoms with Crippen molar-refractivity contribution in [3.63, 3.8) is 0 Å². The van der Waals surface area contributed by atoms with Crippen LogP contribution < -0.4 is 30.7 Å². The Morgan fingerprint density at radius 2 is 1.84 bits per heavy atom. The first-order valence-corrected chi connectivity index (χ1v) is 14.6. The maximum absolute atomic E-state index is 14.1. The van der Waals surface area contributed by atoms with Crippen molar-refractivity contribution in [2.75, 3.05) is 20.7 Å². The van der Waals surface area contributed by atoms with Gasteiger partial charge in [-0.1, -0.05) is 44.2 Å². The molecule has 230 valence electrons. The van der Waals surface area contributed by atoms with E-state index in [0.717, 1.165) is 11.1 Å². The average Bonchev–Trinajstić information content (AvgIpc) is 3.42. The lowest BCUT2D eigenvalue weighted by Crippen LogP contribution is -2.60. The van der Waals surface area contributed by atoms with E-state index in [-0.39, 0.29) is 30.7 Å². The summed E-state index contributed by atoms with van der Waals surface area (Å²) in [6, 6.07) is 11.3. The van der Waals surface area contributed by atoms with E-state index in [2.05, 4.69) is 21.3 Å². The minimum Gasteiger partial charge on any atom is -0.496 e. The Morgan fingerprint density at radius 1 is 1.09 bits per heavy atom. The number of likely N-dealkylation sites (tertiary alicyclic amines) is 1. The third-order valence-corrected chi connectivity index (χ3v) is 7.85. The molecule has 1 saturated heterocycles. The lowest BCUT2D eigenvalue weighted by molar-refractivity contribution is -0.144. The number of ether oxygens (including phenoxy) is 2. The Kier molecular flexibility index (Phi) is 10.4. The van der Waals surface area contributed by atoms with Crippen LogP contribution in [0.1, 0.15) is 38.3 Å². The summed E-state index contributed by atoms with van der Waals surface area (Å²) >= 11 is 0. The summed E-state index contributed by atoms with van der Waals surface area (Å²) in [6.45, 7) is 5.61. The molecule has 0 radical (unpaired) electrons. The third kappa shape index (κ3) is 7.53. The molecule has 5 rings (SSSR count). The largest absolute Gasteiger partial charge is 0.496 e. The van der Waals surface area contributed by atoms with Crippen molar-refractivity contribution in [1.29, 1.82) is 0 Å².